The first-order valence-corrected chi connectivity index (χ1v) is 9.91. The molecule has 2 aromatic heterocycles. The van der Waals surface area contributed by atoms with Crippen molar-refractivity contribution in [2.75, 3.05) is 21.3 Å². The van der Waals surface area contributed by atoms with E-state index in [4.69, 9.17) is 20.2 Å². The van der Waals surface area contributed by atoms with E-state index in [0.717, 1.165) is 31.9 Å². The minimum Gasteiger partial charge on any atom is -0.493 e. The molecule has 0 spiro atoms. The van der Waals surface area contributed by atoms with Gasteiger partial charge in [0, 0.05) is 23.6 Å². The molecule has 1 aromatic carbocycles. The van der Waals surface area contributed by atoms with E-state index < -0.39 is 0 Å². The summed E-state index contributed by atoms with van der Waals surface area (Å²) in [5, 5.41) is 0.841. The van der Waals surface area contributed by atoms with Crippen LogP contribution < -0.4 is 15.2 Å². The molecule has 0 saturated heterocycles. The summed E-state index contributed by atoms with van der Waals surface area (Å²) < 4.78 is 10.9. The normalized spacial score (nSPS) is 15.5. The number of thiophene rings is 1. The first kappa shape index (κ1) is 19.4. The number of pyridine rings is 1. The van der Waals surface area contributed by atoms with Crippen molar-refractivity contribution in [3.05, 3.63) is 34.3 Å². The minimum atomic E-state index is -0.305. The van der Waals surface area contributed by atoms with E-state index >= 15 is 0 Å². The number of aryl methyl sites for hydroxylation is 1. The van der Waals surface area contributed by atoms with Gasteiger partial charge in [-0.3, -0.25) is 4.79 Å². The molecule has 3 heterocycles. The van der Waals surface area contributed by atoms with Crippen molar-refractivity contribution in [2.24, 2.45) is 10.7 Å². The molecule has 1 aliphatic rings. The summed E-state index contributed by atoms with van der Waals surface area (Å²) in [6, 6.07) is 5.63. The molecular formula is C21H22N4O3S. The molecule has 0 fully saturated rings. The number of hydrogen-bond donors (Lipinski definition) is 1. The Morgan fingerprint density at radius 3 is 2.62 bits per heavy atom. The summed E-state index contributed by atoms with van der Waals surface area (Å²) in [6.07, 6.45) is 1.41. The number of aromatic nitrogens is 1. The SMILES string of the molecule is COc1ccc(-c2c(C(C)=O)c(C)nc3sc4c(c23)N=CN(C)C4N)cc1OC. The monoisotopic (exact) mass is 410 g/mol. The Bertz CT molecular complexity index is 1170. The van der Waals surface area contributed by atoms with Crippen LogP contribution in [0, 0.1) is 6.92 Å². The lowest BCUT2D eigenvalue weighted by molar-refractivity contribution is 0.101. The molecule has 150 valence electrons. The fourth-order valence-electron chi connectivity index (χ4n) is 3.69. The smallest absolute Gasteiger partial charge is 0.162 e. The Balaban J connectivity index is 2.12. The molecule has 0 bridgehead atoms. The number of carbonyl (C=O) groups excluding carboxylic acids is 1. The van der Waals surface area contributed by atoms with Gasteiger partial charge in [-0.1, -0.05) is 6.07 Å². The van der Waals surface area contributed by atoms with Gasteiger partial charge in [0.1, 0.15) is 11.0 Å². The van der Waals surface area contributed by atoms with Crippen LogP contribution in [0.3, 0.4) is 0 Å². The number of carbonyl (C=O) groups is 1. The van der Waals surface area contributed by atoms with Crippen LogP contribution in [0.25, 0.3) is 21.3 Å². The Labute approximate surface area is 172 Å². The molecule has 29 heavy (non-hydrogen) atoms. The largest absolute Gasteiger partial charge is 0.493 e. The number of fused-ring (bicyclic) bond motifs is 3. The van der Waals surface area contributed by atoms with E-state index in [9.17, 15) is 4.79 Å². The maximum Gasteiger partial charge on any atom is 0.162 e. The number of benzene rings is 1. The lowest BCUT2D eigenvalue weighted by Gasteiger charge is -2.25. The number of rotatable bonds is 4. The first-order chi connectivity index (χ1) is 13.9. The van der Waals surface area contributed by atoms with Gasteiger partial charge in [-0.05, 0) is 31.5 Å². The summed E-state index contributed by atoms with van der Waals surface area (Å²) in [6.45, 7) is 3.41. The second-order valence-electron chi connectivity index (χ2n) is 6.92. The van der Waals surface area contributed by atoms with E-state index in [0.29, 0.717) is 22.8 Å². The molecular weight excluding hydrogens is 388 g/mol. The molecule has 2 N–H and O–H groups in total. The summed E-state index contributed by atoms with van der Waals surface area (Å²) in [5.74, 6) is 1.16. The second-order valence-corrected chi connectivity index (χ2v) is 7.95. The average Bonchev–Trinajstić information content (AvgIpc) is 3.07. The van der Waals surface area contributed by atoms with E-state index in [1.807, 2.05) is 37.1 Å². The van der Waals surface area contributed by atoms with Gasteiger partial charge in [-0.25, -0.2) is 9.98 Å². The highest BCUT2D eigenvalue weighted by atomic mass is 32.1. The third-order valence-electron chi connectivity index (χ3n) is 5.12. The number of hydrogen-bond acceptors (Lipinski definition) is 8. The molecule has 0 radical (unpaired) electrons. The fraction of sp³-hybridized carbons (Fsp3) is 0.286. The van der Waals surface area contributed by atoms with Crippen LogP contribution in [0.5, 0.6) is 11.5 Å². The van der Waals surface area contributed by atoms with Crippen molar-refractivity contribution in [3.63, 3.8) is 0 Å². The Morgan fingerprint density at radius 1 is 1.24 bits per heavy atom. The highest BCUT2D eigenvalue weighted by molar-refractivity contribution is 7.19. The van der Waals surface area contributed by atoms with Gasteiger partial charge in [0.2, 0.25) is 0 Å². The van der Waals surface area contributed by atoms with Crippen LogP contribution >= 0.6 is 11.3 Å². The van der Waals surface area contributed by atoms with Crippen LogP contribution in [0.1, 0.15) is 34.0 Å². The molecule has 7 nitrogen and oxygen atoms in total. The molecule has 3 aromatic rings. The van der Waals surface area contributed by atoms with Crippen molar-refractivity contribution in [1.29, 1.82) is 0 Å². The average molecular weight is 410 g/mol. The predicted octanol–water partition coefficient (Wildman–Crippen LogP) is 4.05. The number of nitrogens with zero attached hydrogens (tertiary/aromatic N) is 3. The molecule has 4 rings (SSSR count). The molecule has 1 atom stereocenters. The van der Waals surface area contributed by atoms with E-state index in [1.54, 1.807) is 27.5 Å². The number of aliphatic imine (C=N–C) groups is 1. The third kappa shape index (κ3) is 2.95. The molecule has 8 heteroatoms. The topological polar surface area (TPSA) is 90.0 Å². The Morgan fingerprint density at radius 2 is 1.97 bits per heavy atom. The zero-order valence-electron chi connectivity index (χ0n) is 16.9. The van der Waals surface area contributed by atoms with Crippen molar-refractivity contribution < 1.29 is 14.3 Å². The number of ketones is 1. The lowest BCUT2D eigenvalue weighted by Crippen LogP contribution is -2.31. The van der Waals surface area contributed by atoms with E-state index in [1.165, 1.54) is 11.3 Å². The fourth-order valence-corrected chi connectivity index (χ4v) is 4.92. The van der Waals surface area contributed by atoms with Gasteiger partial charge in [-0.15, -0.1) is 11.3 Å². The minimum absolute atomic E-state index is 0.0529. The number of ether oxygens (including phenoxy) is 2. The van der Waals surface area contributed by atoms with Crippen molar-refractivity contribution in [1.82, 2.24) is 9.88 Å². The summed E-state index contributed by atoms with van der Waals surface area (Å²) in [7, 11) is 5.07. The maximum absolute atomic E-state index is 12.6. The van der Waals surface area contributed by atoms with Crippen molar-refractivity contribution >= 4 is 39.4 Å². The van der Waals surface area contributed by atoms with Crippen molar-refractivity contribution in [2.45, 2.75) is 20.0 Å². The zero-order valence-corrected chi connectivity index (χ0v) is 17.8. The van der Waals surface area contributed by atoms with Gasteiger partial charge in [-0.2, -0.15) is 0 Å². The van der Waals surface area contributed by atoms with E-state index in [2.05, 4.69) is 4.99 Å². The van der Waals surface area contributed by atoms with Gasteiger partial charge >= 0.3 is 0 Å². The van der Waals surface area contributed by atoms with Crippen LogP contribution in [-0.2, 0) is 0 Å². The number of methoxy groups -OCH3 is 2. The highest BCUT2D eigenvalue weighted by Gasteiger charge is 2.29. The van der Waals surface area contributed by atoms with Gasteiger partial charge < -0.3 is 20.1 Å². The standard InChI is InChI=1S/C21H22N4O3S/c1-10-15(11(2)26)16(12-6-7-13(27-4)14(8-12)28-5)17-18-19(29-21(17)24-10)20(22)25(3)9-23-18/h6-9,20H,22H2,1-5H3. The lowest BCUT2D eigenvalue weighted by atomic mass is 9.93. The Kier molecular flexibility index (Phi) is 4.76. The van der Waals surface area contributed by atoms with Gasteiger partial charge in [0.15, 0.2) is 17.3 Å². The number of nitrogens with two attached hydrogens (primary N) is 1. The summed E-state index contributed by atoms with van der Waals surface area (Å²) in [5.41, 5.74) is 10.0. The second kappa shape index (κ2) is 7.13. The van der Waals surface area contributed by atoms with Gasteiger partial charge in [0.05, 0.1) is 36.8 Å². The van der Waals surface area contributed by atoms with Crippen LogP contribution in [0.2, 0.25) is 0 Å². The Hall–Kier alpha value is -2.97. The van der Waals surface area contributed by atoms with Crippen molar-refractivity contribution in [3.8, 4) is 22.6 Å². The predicted molar refractivity (Wildman–Crippen MR) is 116 cm³/mol. The molecule has 1 aliphatic heterocycles. The van der Waals surface area contributed by atoms with Crippen LogP contribution in [0.4, 0.5) is 5.69 Å². The zero-order chi connectivity index (χ0) is 20.9. The van der Waals surface area contributed by atoms with Crippen LogP contribution in [0.15, 0.2) is 23.2 Å². The quantitative estimate of drug-likeness (QED) is 0.653. The molecule has 0 saturated carbocycles. The highest BCUT2D eigenvalue weighted by Crippen LogP contribution is 2.48. The van der Waals surface area contributed by atoms with E-state index in [-0.39, 0.29) is 11.9 Å². The number of Topliss-reactive ketones (excluding diaryl/α,β-unsaturated/α-hetero) is 1. The molecule has 1 unspecified atom stereocenters. The third-order valence-corrected chi connectivity index (χ3v) is 6.27. The maximum atomic E-state index is 12.6. The molecule has 0 aliphatic carbocycles. The van der Waals surface area contributed by atoms with Gasteiger partial charge in [0.25, 0.3) is 0 Å². The van der Waals surface area contributed by atoms with Crippen LogP contribution in [-0.4, -0.2) is 43.3 Å². The molecule has 0 amide bonds. The summed E-state index contributed by atoms with van der Waals surface area (Å²) in [4.78, 5) is 25.6. The summed E-state index contributed by atoms with van der Waals surface area (Å²) >= 11 is 1.51. The first-order valence-electron chi connectivity index (χ1n) is 9.09.